The number of rotatable bonds is 4. The molecule has 9 nitrogen and oxygen atoms in total. The van der Waals surface area contributed by atoms with E-state index in [1.165, 1.54) is 0 Å². The average molecular weight is 527 g/mol. The SMILES string of the molecule is CC(C)(C)OC(=O)N1CCN(c2ccc(-c3oc(-c4cccc5[nH]ccc45)nc3C(=O)[O-])cc2)CC1.[K+]. The van der Waals surface area contributed by atoms with Crippen LogP contribution < -0.4 is 61.4 Å². The maximum Gasteiger partial charge on any atom is 1.00 e. The van der Waals surface area contributed by atoms with Crippen LogP contribution in [0.5, 0.6) is 0 Å². The minimum atomic E-state index is -1.40. The van der Waals surface area contributed by atoms with E-state index in [1.54, 1.807) is 4.90 Å². The van der Waals surface area contributed by atoms with Crippen LogP contribution in [-0.2, 0) is 4.74 Å². The van der Waals surface area contributed by atoms with Gasteiger partial charge in [0.05, 0.1) is 5.97 Å². The predicted molar refractivity (Wildman–Crippen MR) is 134 cm³/mol. The summed E-state index contributed by atoms with van der Waals surface area (Å²) in [6, 6.07) is 14.9. The standard InChI is InChI=1S/C27H28N4O5.K/c1-27(2,3)36-26(34)31-15-13-30(14-16-31)18-9-7-17(8-10-18)23-22(25(32)33)29-24(35-23)20-5-4-6-21-19(20)11-12-28-21;/h4-12,28H,13-16H2,1-3H3,(H,32,33);/q;+1/p-1. The number of carboxylic acid groups (broad SMARTS) is 1. The second-order valence-electron chi connectivity index (χ2n) is 9.73. The number of aromatic amines is 1. The van der Waals surface area contributed by atoms with Crippen LogP contribution in [-0.4, -0.2) is 58.7 Å². The molecule has 37 heavy (non-hydrogen) atoms. The van der Waals surface area contributed by atoms with Gasteiger partial charge < -0.3 is 33.8 Å². The van der Waals surface area contributed by atoms with Crippen LogP contribution >= 0.6 is 0 Å². The van der Waals surface area contributed by atoms with Gasteiger partial charge in [-0.05, 0) is 63.2 Å². The Morgan fingerprint density at radius 3 is 2.38 bits per heavy atom. The Labute approximate surface area is 257 Å². The number of nitrogens with zero attached hydrogens (tertiary/aromatic N) is 3. The number of carbonyl (C=O) groups excluding carboxylic acids is 2. The van der Waals surface area contributed by atoms with Gasteiger partial charge in [0.2, 0.25) is 5.89 Å². The molecule has 1 N–H and O–H groups in total. The van der Waals surface area contributed by atoms with Crippen LogP contribution in [0.4, 0.5) is 10.5 Å². The molecule has 0 unspecified atom stereocenters. The molecule has 10 heteroatoms. The van der Waals surface area contributed by atoms with Crippen LogP contribution in [0.15, 0.2) is 59.1 Å². The summed E-state index contributed by atoms with van der Waals surface area (Å²) in [5.41, 5.74) is 2.39. The zero-order valence-corrected chi connectivity index (χ0v) is 24.5. The van der Waals surface area contributed by atoms with Gasteiger partial charge in [0.25, 0.3) is 0 Å². The molecule has 1 fully saturated rings. The van der Waals surface area contributed by atoms with E-state index in [4.69, 9.17) is 9.15 Å². The molecule has 0 bridgehead atoms. The Balaban J connectivity index is 0.00000320. The van der Waals surface area contributed by atoms with Crippen molar-refractivity contribution in [1.82, 2.24) is 14.9 Å². The van der Waals surface area contributed by atoms with Gasteiger partial charge in [0.15, 0.2) is 5.76 Å². The molecule has 4 aromatic rings. The summed E-state index contributed by atoms with van der Waals surface area (Å²) in [6.45, 7) is 8.00. The summed E-state index contributed by atoms with van der Waals surface area (Å²) in [5.74, 6) is -1.03. The zero-order valence-electron chi connectivity index (χ0n) is 21.4. The molecule has 1 aliphatic rings. The van der Waals surface area contributed by atoms with E-state index in [0.29, 0.717) is 37.3 Å². The molecule has 0 spiro atoms. The van der Waals surface area contributed by atoms with Crippen LogP contribution in [0.1, 0.15) is 31.3 Å². The van der Waals surface area contributed by atoms with Crippen LogP contribution in [0.2, 0.25) is 0 Å². The topological polar surface area (TPSA) is 115 Å². The molecule has 1 amide bonds. The molecule has 1 saturated heterocycles. The Bertz CT molecular complexity index is 1410. The smallest absolute Gasteiger partial charge is 0.543 e. The number of ether oxygens (including phenoxy) is 1. The molecular weight excluding hydrogens is 499 g/mol. The first-order valence-electron chi connectivity index (χ1n) is 11.8. The van der Waals surface area contributed by atoms with Crippen molar-refractivity contribution in [3.05, 3.63) is 60.4 Å². The van der Waals surface area contributed by atoms with Crippen LogP contribution in [0.25, 0.3) is 33.7 Å². The van der Waals surface area contributed by atoms with Gasteiger partial charge in [-0.3, -0.25) is 0 Å². The van der Waals surface area contributed by atoms with Gasteiger partial charge >= 0.3 is 57.5 Å². The summed E-state index contributed by atoms with van der Waals surface area (Å²) in [4.78, 5) is 35.4. The van der Waals surface area contributed by atoms with Gasteiger partial charge in [-0.25, -0.2) is 9.78 Å². The Morgan fingerprint density at radius 2 is 1.73 bits per heavy atom. The minimum Gasteiger partial charge on any atom is -0.543 e. The first-order valence-corrected chi connectivity index (χ1v) is 11.8. The predicted octanol–water partition coefficient (Wildman–Crippen LogP) is 0.915. The fourth-order valence-electron chi connectivity index (χ4n) is 4.34. The third-order valence-corrected chi connectivity index (χ3v) is 6.07. The van der Waals surface area contributed by atoms with Gasteiger partial charge in [-0.1, -0.05) is 6.07 Å². The van der Waals surface area contributed by atoms with Crippen LogP contribution in [0.3, 0.4) is 0 Å². The van der Waals surface area contributed by atoms with Crippen molar-refractivity contribution in [3.8, 4) is 22.8 Å². The maximum atomic E-state index is 12.3. The van der Waals surface area contributed by atoms with Gasteiger partial charge in [0.1, 0.15) is 11.3 Å². The molecule has 2 aromatic heterocycles. The fourth-order valence-corrected chi connectivity index (χ4v) is 4.34. The number of hydrogen-bond donors (Lipinski definition) is 1. The number of carbonyl (C=O) groups is 2. The Kier molecular flexibility index (Phi) is 8.15. The molecule has 0 saturated carbocycles. The van der Waals surface area contributed by atoms with E-state index >= 15 is 0 Å². The molecule has 3 heterocycles. The first-order chi connectivity index (χ1) is 17.2. The molecule has 0 atom stereocenters. The van der Waals surface area contributed by atoms with E-state index in [-0.39, 0.29) is 74.8 Å². The Hall–Kier alpha value is -2.63. The van der Waals surface area contributed by atoms with Crippen LogP contribution in [0, 0.1) is 0 Å². The van der Waals surface area contributed by atoms with Gasteiger partial charge in [0, 0.05) is 60.1 Å². The number of H-pyrrole nitrogens is 1. The number of anilines is 1. The monoisotopic (exact) mass is 526 g/mol. The van der Waals surface area contributed by atoms with E-state index in [0.717, 1.165) is 16.6 Å². The number of benzene rings is 2. The second kappa shape index (κ2) is 11.0. The molecular formula is C27H27KN4O5. The summed E-state index contributed by atoms with van der Waals surface area (Å²) < 4.78 is 11.4. The van der Waals surface area contributed by atoms with E-state index in [2.05, 4.69) is 14.9 Å². The summed E-state index contributed by atoms with van der Waals surface area (Å²) in [7, 11) is 0. The van der Waals surface area contributed by atoms with Crippen molar-refractivity contribution < 1.29 is 75.2 Å². The quantitative estimate of drug-likeness (QED) is 0.393. The maximum absolute atomic E-state index is 12.3. The average Bonchev–Trinajstić information content (AvgIpc) is 3.51. The largest absolute Gasteiger partial charge is 1.00 e. The molecule has 0 radical (unpaired) electrons. The second-order valence-corrected chi connectivity index (χ2v) is 9.73. The number of hydrogen-bond acceptors (Lipinski definition) is 7. The number of fused-ring (bicyclic) bond motifs is 1. The minimum absolute atomic E-state index is 0. The first kappa shape index (κ1) is 27.4. The summed E-state index contributed by atoms with van der Waals surface area (Å²) in [5, 5.41) is 12.7. The number of oxazole rings is 1. The van der Waals surface area contributed by atoms with E-state index < -0.39 is 11.6 Å². The molecule has 5 rings (SSSR count). The Morgan fingerprint density at radius 1 is 1.03 bits per heavy atom. The fraction of sp³-hybridized carbons (Fsp3) is 0.296. The number of carboxylic acids is 1. The molecule has 2 aromatic carbocycles. The third-order valence-electron chi connectivity index (χ3n) is 6.07. The van der Waals surface area contributed by atoms with Gasteiger partial charge in [-0.2, -0.15) is 0 Å². The van der Waals surface area contributed by atoms with Crippen molar-refractivity contribution in [2.75, 3.05) is 31.1 Å². The summed E-state index contributed by atoms with van der Waals surface area (Å²) >= 11 is 0. The van der Waals surface area contributed by atoms with Crippen molar-refractivity contribution in [3.63, 3.8) is 0 Å². The normalized spacial score (nSPS) is 13.9. The molecule has 1 aliphatic heterocycles. The molecule has 0 aliphatic carbocycles. The number of aromatic carboxylic acids is 1. The number of nitrogens with one attached hydrogen (secondary N) is 1. The number of piperazine rings is 1. The van der Waals surface area contributed by atoms with E-state index in [9.17, 15) is 14.7 Å². The third kappa shape index (κ3) is 5.94. The zero-order chi connectivity index (χ0) is 25.4. The number of amides is 1. The van der Waals surface area contributed by atoms with Crippen molar-refractivity contribution >= 4 is 28.7 Å². The van der Waals surface area contributed by atoms with E-state index in [1.807, 2.05) is 75.5 Å². The van der Waals surface area contributed by atoms with Crippen molar-refractivity contribution in [2.24, 2.45) is 0 Å². The van der Waals surface area contributed by atoms with Crippen molar-refractivity contribution in [2.45, 2.75) is 26.4 Å². The summed E-state index contributed by atoms with van der Waals surface area (Å²) in [6.07, 6.45) is 1.51. The number of aromatic nitrogens is 2. The van der Waals surface area contributed by atoms with Gasteiger partial charge in [-0.15, -0.1) is 0 Å². The molecule has 186 valence electrons. The van der Waals surface area contributed by atoms with Crippen molar-refractivity contribution in [1.29, 1.82) is 0 Å².